The first-order valence-electron chi connectivity index (χ1n) is 8.94. The molecule has 0 aliphatic carbocycles. The Balaban J connectivity index is 1.92. The molecule has 140 valence electrons. The van der Waals surface area contributed by atoms with E-state index in [0.717, 1.165) is 16.7 Å². The second kappa shape index (κ2) is 8.07. The van der Waals surface area contributed by atoms with Crippen LogP contribution in [-0.4, -0.2) is 53.7 Å². The normalized spacial score (nSPS) is 18.5. The Bertz CT molecular complexity index is 726. The lowest BCUT2D eigenvalue weighted by Crippen LogP contribution is -2.54. The third kappa shape index (κ3) is 3.95. The summed E-state index contributed by atoms with van der Waals surface area (Å²) in [5, 5.41) is 22.4. The van der Waals surface area contributed by atoms with Crippen molar-refractivity contribution in [2.75, 3.05) is 26.3 Å². The fraction of sp³-hybridized carbons (Fsp3) is 0.429. The quantitative estimate of drug-likeness (QED) is 0.842. The van der Waals surface area contributed by atoms with Crippen LogP contribution >= 0.6 is 11.6 Å². The van der Waals surface area contributed by atoms with E-state index in [1.807, 2.05) is 67.3 Å². The number of morpholine rings is 1. The Kier molecular flexibility index (Phi) is 6.00. The topological polar surface area (TPSA) is 52.9 Å². The monoisotopic (exact) mass is 375 g/mol. The van der Waals surface area contributed by atoms with Crippen molar-refractivity contribution in [1.82, 2.24) is 4.90 Å². The van der Waals surface area contributed by atoms with Gasteiger partial charge in [-0.15, -0.1) is 0 Å². The van der Waals surface area contributed by atoms with E-state index in [1.165, 1.54) is 0 Å². The van der Waals surface area contributed by atoms with E-state index in [4.69, 9.17) is 16.3 Å². The summed E-state index contributed by atoms with van der Waals surface area (Å²) in [4.78, 5) is 1.88. The van der Waals surface area contributed by atoms with Crippen molar-refractivity contribution in [2.45, 2.75) is 31.6 Å². The maximum atomic E-state index is 11.0. The molecule has 0 bridgehead atoms. The average Bonchev–Trinajstić information content (AvgIpc) is 2.68. The van der Waals surface area contributed by atoms with E-state index < -0.39 is 17.7 Å². The van der Waals surface area contributed by atoms with Gasteiger partial charge < -0.3 is 14.9 Å². The lowest BCUT2D eigenvalue weighted by molar-refractivity contribution is -0.131. The van der Waals surface area contributed by atoms with Gasteiger partial charge in [0, 0.05) is 23.5 Å². The number of hydrogen-bond acceptors (Lipinski definition) is 4. The molecule has 1 aliphatic rings. The van der Waals surface area contributed by atoms with Gasteiger partial charge in [-0.1, -0.05) is 61.8 Å². The van der Waals surface area contributed by atoms with Crippen molar-refractivity contribution < 1.29 is 14.9 Å². The lowest BCUT2D eigenvalue weighted by atomic mass is 9.75. The summed E-state index contributed by atoms with van der Waals surface area (Å²) in [5.74, 6) is 0. The molecule has 0 radical (unpaired) electrons. The zero-order chi connectivity index (χ0) is 18.7. The molecule has 0 spiro atoms. The molecule has 2 atom stereocenters. The Morgan fingerprint density at radius 1 is 1.00 bits per heavy atom. The zero-order valence-corrected chi connectivity index (χ0v) is 16.0. The summed E-state index contributed by atoms with van der Waals surface area (Å²) in [6.45, 7) is 6.32. The van der Waals surface area contributed by atoms with Crippen LogP contribution in [0.15, 0.2) is 48.5 Å². The highest BCUT2D eigenvalue weighted by Gasteiger charge is 2.39. The average molecular weight is 376 g/mol. The second-order valence-electron chi connectivity index (χ2n) is 7.28. The van der Waals surface area contributed by atoms with Crippen LogP contribution in [0.4, 0.5) is 0 Å². The standard InChI is InChI=1S/C21H26ClNO3/c1-21(2,19(24)20(25)23-11-13-26-14-12-23)18-6-4-3-5-17(18)15-7-9-16(22)10-8-15/h3-10,19-20,24-25H,11-14H2,1-2H3. The largest absolute Gasteiger partial charge is 0.388 e. The first-order valence-corrected chi connectivity index (χ1v) is 9.32. The number of aliphatic hydroxyl groups is 2. The van der Waals surface area contributed by atoms with Gasteiger partial charge >= 0.3 is 0 Å². The summed E-state index contributed by atoms with van der Waals surface area (Å²) in [6, 6.07) is 15.7. The molecule has 2 aromatic rings. The van der Waals surface area contributed by atoms with Gasteiger partial charge in [0.15, 0.2) is 0 Å². The predicted octanol–water partition coefficient (Wildman–Crippen LogP) is 3.30. The molecular weight excluding hydrogens is 350 g/mol. The van der Waals surface area contributed by atoms with Crippen LogP contribution in [0.25, 0.3) is 11.1 Å². The predicted molar refractivity (Wildman–Crippen MR) is 104 cm³/mol. The maximum Gasteiger partial charge on any atom is 0.134 e. The number of nitrogens with zero attached hydrogens (tertiary/aromatic N) is 1. The SMILES string of the molecule is CC(C)(c1ccccc1-c1ccc(Cl)cc1)C(O)C(O)N1CCOCC1. The van der Waals surface area contributed by atoms with E-state index in [9.17, 15) is 10.2 Å². The van der Waals surface area contributed by atoms with Crippen LogP contribution in [0.2, 0.25) is 5.02 Å². The van der Waals surface area contributed by atoms with Crippen molar-refractivity contribution in [2.24, 2.45) is 0 Å². The van der Waals surface area contributed by atoms with Gasteiger partial charge in [0.25, 0.3) is 0 Å². The number of rotatable bonds is 5. The highest BCUT2D eigenvalue weighted by molar-refractivity contribution is 6.30. The van der Waals surface area contributed by atoms with E-state index in [-0.39, 0.29) is 0 Å². The van der Waals surface area contributed by atoms with Gasteiger partial charge in [-0.05, 0) is 28.8 Å². The summed E-state index contributed by atoms with van der Waals surface area (Å²) < 4.78 is 5.34. The Hall–Kier alpha value is -1.43. The number of hydrogen-bond donors (Lipinski definition) is 2. The molecule has 1 heterocycles. The number of aliphatic hydroxyl groups excluding tert-OH is 2. The Morgan fingerprint density at radius 3 is 2.27 bits per heavy atom. The third-order valence-corrected chi connectivity index (χ3v) is 5.47. The van der Waals surface area contributed by atoms with E-state index in [0.29, 0.717) is 31.3 Å². The molecule has 26 heavy (non-hydrogen) atoms. The molecule has 3 rings (SSSR count). The molecule has 0 saturated carbocycles. The summed E-state index contributed by atoms with van der Waals surface area (Å²) in [5.41, 5.74) is 2.41. The molecule has 5 heteroatoms. The van der Waals surface area contributed by atoms with Gasteiger partial charge in [0.1, 0.15) is 12.3 Å². The van der Waals surface area contributed by atoms with Gasteiger partial charge in [-0.25, -0.2) is 0 Å². The van der Waals surface area contributed by atoms with Crippen LogP contribution < -0.4 is 0 Å². The molecule has 2 unspecified atom stereocenters. The maximum absolute atomic E-state index is 11.0. The number of halogens is 1. The third-order valence-electron chi connectivity index (χ3n) is 5.22. The highest BCUT2D eigenvalue weighted by atomic mass is 35.5. The fourth-order valence-electron chi connectivity index (χ4n) is 3.50. The number of ether oxygens (including phenoxy) is 1. The minimum atomic E-state index is -0.938. The van der Waals surface area contributed by atoms with Gasteiger partial charge in [0.2, 0.25) is 0 Å². The van der Waals surface area contributed by atoms with Crippen molar-refractivity contribution in [3.05, 3.63) is 59.1 Å². The molecule has 0 aromatic heterocycles. The first-order chi connectivity index (χ1) is 12.4. The molecule has 1 fully saturated rings. The van der Waals surface area contributed by atoms with Gasteiger partial charge in [-0.3, -0.25) is 4.90 Å². The second-order valence-corrected chi connectivity index (χ2v) is 7.72. The molecule has 4 nitrogen and oxygen atoms in total. The van der Waals surface area contributed by atoms with Gasteiger partial charge in [-0.2, -0.15) is 0 Å². The lowest BCUT2D eigenvalue weighted by Gasteiger charge is -2.41. The fourth-order valence-corrected chi connectivity index (χ4v) is 3.63. The van der Waals surface area contributed by atoms with Crippen LogP contribution in [0.1, 0.15) is 19.4 Å². The molecule has 0 amide bonds. The van der Waals surface area contributed by atoms with Crippen molar-refractivity contribution in [3.63, 3.8) is 0 Å². The van der Waals surface area contributed by atoms with Crippen LogP contribution in [0.5, 0.6) is 0 Å². The van der Waals surface area contributed by atoms with Crippen LogP contribution in [-0.2, 0) is 10.2 Å². The van der Waals surface area contributed by atoms with E-state index in [1.54, 1.807) is 0 Å². The highest BCUT2D eigenvalue weighted by Crippen LogP contribution is 2.37. The summed E-state index contributed by atoms with van der Waals surface area (Å²) in [7, 11) is 0. The minimum absolute atomic E-state index is 0.575. The van der Waals surface area contributed by atoms with Crippen LogP contribution in [0.3, 0.4) is 0 Å². The minimum Gasteiger partial charge on any atom is -0.388 e. The molecule has 2 aromatic carbocycles. The molecule has 1 aliphatic heterocycles. The van der Waals surface area contributed by atoms with E-state index >= 15 is 0 Å². The zero-order valence-electron chi connectivity index (χ0n) is 15.2. The van der Waals surface area contributed by atoms with Crippen molar-refractivity contribution in [3.8, 4) is 11.1 Å². The van der Waals surface area contributed by atoms with Crippen molar-refractivity contribution in [1.29, 1.82) is 0 Å². The molecule has 2 N–H and O–H groups in total. The molecular formula is C21H26ClNO3. The van der Waals surface area contributed by atoms with Crippen molar-refractivity contribution >= 4 is 11.6 Å². The smallest absolute Gasteiger partial charge is 0.134 e. The van der Waals surface area contributed by atoms with Crippen LogP contribution in [0, 0.1) is 0 Å². The Labute approximate surface area is 160 Å². The summed E-state index contributed by atoms with van der Waals surface area (Å²) in [6.07, 6.45) is -1.87. The molecule has 1 saturated heterocycles. The summed E-state index contributed by atoms with van der Waals surface area (Å²) >= 11 is 6.02. The number of benzene rings is 2. The first kappa shape index (κ1) is 19.3. The van der Waals surface area contributed by atoms with E-state index in [2.05, 4.69) is 0 Å². The van der Waals surface area contributed by atoms with Gasteiger partial charge in [0.05, 0.1) is 13.2 Å². The Morgan fingerprint density at radius 2 is 1.62 bits per heavy atom.